The molecule has 17 heavy (non-hydrogen) atoms. The number of esters is 1. The van der Waals surface area contributed by atoms with Gasteiger partial charge in [-0.15, -0.1) is 0 Å². The van der Waals surface area contributed by atoms with Gasteiger partial charge in [0.25, 0.3) is 0 Å². The average Bonchev–Trinajstić information content (AvgIpc) is 2.31. The molecule has 0 bridgehead atoms. The molecule has 0 fully saturated rings. The van der Waals surface area contributed by atoms with Crippen LogP contribution in [0.2, 0.25) is 0 Å². The van der Waals surface area contributed by atoms with Crippen LogP contribution in [0.3, 0.4) is 0 Å². The second kappa shape index (κ2) is 7.45. The lowest BCUT2D eigenvalue weighted by Crippen LogP contribution is -2.11. The fourth-order valence-corrected chi connectivity index (χ4v) is 1.73. The van der Waals surface area contributed by atoms with Gasteiger partial charge in [-0.2, -0.15) is 0 Å². The zero-order valence-electron chi connectivity index (χ0n) is 9.74. The Morgan fingerprint density at radius 1 is 1.41 bits per heavy atom. The minimum absolute atomic E-state index is 0.198. The predicted molar refractivity (Wildman–Crippen MR) is 74.6 cm³/mol. The monoisotopic (exact) mass is 346 g/mol. The van der Waals surface area contributed by atoms with E-state index in [9.17, 15) is 4.79 Å². The molecule has 1 aromatic rings. The van der Waals surface area contributed by atoms with Crippen LogP contribution in [0.5, 0.6) is 0 Å². The lowest BCUT2D eigenvalue weighted by atomic mass is 10.2. The summed E-state index contributed by atoms with van der Waals surface area (Å²) in [7, 11) is 0. The summed E-state index contributed by atoms with van der Waals surface area (Å²) in [6.07, 6.45) is 0. The highest BCUT2D eigenvalue weighted by atomic mass is 127. The van der Waals surface area contributed by atoms with E-state index in [1.807, 2.05) is 24.3 Å². The van der Waals surface area contributed by atoms with Crippen LogP contribution < -0.4 is 0 Å². The van der Waals surface area contributed by atoms with Gasteiger partial charge in [0.1, 0.15) is 0 Å². The zero-order valence-corrected chi connectivity index (χ0v) is 11.9. The molecule has 3 nitrogen and oxygen atoms in total. The second-order valence-electron chi connectivity index (χ2n) is 3.41. The second-order valence-corrected chi connectivity index (χ2v) is 4.57. The highest BCUT2D eigenvalue weighted by Gasteiger charge is 2.07. The molecule has 4 heteroatoms. The molecule has 0 saturated carbocycles. The van der Waals surface area contributed by atoms with Gasteiger partial charge in [-0.3, -0.25) is 0 Å². The molecule has 0 spiro atoms. The topological polar surface area (TPSA) is 35.5 Å². The Balaban J connectivity index is 2.36. The van der Waals surface area contributed by atoms with E-state index >= 15 is 0 Å². The van der Waals surface area contributed by atoms with E-state index in [1.54, 1.807) is 6.92 Å². The van der Waals surface area contributed by atoms with Gasteiger partial charge in [0.2, 0.25) is 0 Å². The Bertz CT molecular complexity index is 401. The first-order chi connectivity index (χ1) is 8.15. The minimum atomic E-state index is -0.393. The summed E-state index contributed by atoms with van der Waals surface area (Å²) in [6, 6.07) is 7.94. The maximum Gasteiger partial charge on any atom is 0.335 e. The van der Waals surface area contributed by atoms with Crippen molar-refractivity contribution in [1.82, 2.24) is 0 Å². The largest absolute Gasteiger partial charge is 0.463 e. The maximum atomic E-state index is 11.2. The Morgan fingerprint density at radius 3 is 2.76 bits per heavy atom. The smallest absolute Gasteiger partial charge is 0.335 e. The Labute approximate surface area is 115 Å². The molecular weight excluding hydrogens is 331 g/mol. The van der Waals surface area contributed by atoms with Crippen molar-refractivity contribution in [1.29, 1.82) is 0 Å². The third-order valence-electron chi connectivity index (χ3n) is 2.06. The standard InChI is InChI=1S/C13H15IO3/c1-3-17-13(15)10(2)8-16-9-11-6-4-5-7-12(11)14/h4-7H,2-3,8-9H2,1H3. The summed E-state index contributed by atoms with van der Waals surface area (Å²) >= 11 is 2.25. The van der Waals surface area contributed by atoms with Crippen molar-refractivity contribution in [3.05, 3.63) is 45.6 Å². The Morgan fingerprint density at radius 2 is 2.12 bits per heavy atom. The van der Waals surface area contributed by atoms with Crippen molar-refractivity contribution in [3.63, 3.8) is 0 Å². The number of carbonyl (C=O) groups is 1. The van der Waals surface area contributed by atoms with Crippen molar-refractivity contribution in [2.24, 2.45) is 0 Å². The maximum absolute atomic E-state index is 11.2. The van der Waals surface area contributed by atoms with Crippen molar-refractivity contribution in [3.8, 4) is 0 Å². The Kier molecular flexibility index (Phi) is 6.21. The van der Waals surface area contributed by atoms with Crippen LogP contribution in [0.4, 0.5) is 0 Å². The van der Waals surface area contributed by atoms with Gasteiger partial charge in [-0.1, -0.05) is 24.8 Å². The minimum Gasteiger partial charge on any atom is -0.463 e. The molecule has 0 unspecified atom stereocenters. The van der Waals surface area contributed by atoms with Gasteiger partial charge >= 0.3 is 5.97 Å². The van der Waals surface area contributed by atoms with Gasteiger partial charge in [0.05, 0.1) is 25.4 Å². The molecule has 0 amide bonds. The number of rotatable bonds is 6. The Hall–Kier alpha value is -0.880. The molecule has 0 radical (unpaired) electrons. The van der Waals surface area contributed by atoms with E-state index in [4.69, 9.17) is 9.47 Å². The fourth-order valence-electron chi connectivity index (χ4n) is 1.19. The van der Waals surface area contributed by atoms with Crippen molar-refractivity contribution in [2.45, 2.75) is 13.5 Å². The average molecular weight is 346 g/mol. The number of halogens is 1. The van der Waals surface area contributed by atoms with Crippen molar-refractivity contribution in [2.75, 3.05) is 13.2 Å². The van der Waals surface area contributed by atoms with Crippen LogP contribution in [0.15, 0.2) is 36.4 Å². The summed E-state index contributed by atoms with van der Waals surface area (Å²) in [6.45, 7) is 6.41. The third-order valence-corrected chi connectivity index (χ3v) is 3.11. The van der Waals surface area contributed by atoms with Crippen LogP contribution in [0, 0.1) is 3.57 Å². The van der Waals surface area contributed by atoms with E-state index in [1.165, 1.54) is 0 Å². The molecule has 0 aliphatic carbocycles. The highest BCUT2D eigenvalue weighted by molar-refractivity contribution is 14.1. The van der Waals surface area contributed by atoms with Crippen molar-refractivity contribution < 1.29 is 14.3 Å². The molecule has 92 valence electrons. The molecule has 0 atom stereocenters. The molecule has 0 aliphatic rings. The van der Waals surface area contributed by atoms with Gasteiger partial charge in [0.15, 0.2) is 0 Å². The van der Waals surface area contributed by atoms with Crippen LogP contribution in [0.25, 0.3) is 0 Å². The van der Waals surface area contributed by atoms with E-state index in [0.29, 0.717) is 18.8 Å². The molecular formula is C13H15IO3. The normalized spacial score (nSPS) is 10.0. The van der Waals surface area contributed by atoms with Gasteiger partial charge in [-0.25, -0.2) is 4.79 Å². The van der Waals surface area contributed by atoms with E-state index in [-0.39, 0.29) is 6.61 Å². The van der Waals surface area contributed by atoms with Crippen molar-refractivity contribution >= 4 is 28.6 Å². The zero-order chi connectivity index (χ0) is 12.7. The number of ether oxygens (including phenoxy) is 2. The first-order valence-electron chi connectivity index (χ1n) is 5.31. The van der Waals surface area contributed by atoms with Crippen LogP contribution in [-0.2, 0) is 20.9 Å². The molecule has 0 saturated heterocycles. The summed E-state index contributed by atoms with van der Waals surface area (Å²) in [5.41, 5.74) is 1.45. The highest BCUT2D eigenvalue weighted by Crippen LogP contribution is 2.12. The molecule has 0 aromatic heterocycles. The predicted octanol–water partition coefficient (Wildman–Crippen LogP) is 2.93. The first-order valence-corrected chi connectivity index (χ1v) is 6.39. The number of hydrogen-bond donors (Lipinski definition) is 0. The number of benzene rings is 1. The molecule has 0 N–H and O–H groups in total. The van der Waals surface area contributed by atoms with E-state index < -0.39 is 5.97 Å². The fraction of sp³-hybridized carbons (Fsp3) is 0.308. The van der Waals surface area contributed by atoms with E-state index in [0.717, 1.165) is 9.13 Å². The SMILES string of the molecule is C=C(COCc1ccccc1I)C(=O)OCC. The van der Waals surface area contributed by atoms with Crippen LogP contribution in [-0.4, -0.2) is 19.2 Å². The van der Waals surface area contributed by atoms with Gasteiger partial charge in [-0.05, 0) is 41.1 Å². The lowest BCUT2D eigenvalue weighted by Gasteiger charge is -2.07. The van der Waals surface area contributed by atoms with Gasteiger partial charge < -0.3 is 9.47 Å². The molecule has 1 aromatic carbocycles. The first kappa shape index (κ1) is 14.2. The number of carbonyl (C=O) groups excluding carboxylic acids is 1. The molecule has 0 aliphatic heterocycles. The summed E-state index contributed by atoms with van der Waals surface area (Å²) in [4.78, 5) is 11.2. The quantitative estimate of drug-likeness (QED) is 0.451. The van der Waals surface area contributed by atoms with Crippen LogP contribution >= 0.6 is 22.6 Å². The van der Waals surface area contributed by atoms with Crippen LogP contribution in [0.1, 0.15) is 12.5 Å². The number of hydrogen-bond acceptors (Lipinski definition) is 3. The van der Waals surface area contributed by atoms with Gasteiger partial charge in [0, 0.05) is 3.57 Å². The lowest BCUT2D eigenvalue weighted by molar-refractivity contribution is -0.139. The summed E-state index contributed by atoms with van der Waals surface area (Å²) < 4.78 is 11.4. The summed E-state index contributed by atoms with van der Waals surface area (Å²) in [5.74, 6) is -0.393. The summed E-state index contributed by atoms with van der Waals surface area (Å²) in [5, 5.41) is 0. The van der Waals surface area contributed by atoms with E-state index in [2.05, 4.69) is 29.2 Å². The third kappa shape index (κ3) is 4.87. The molecule has 0 heterocycles. The molecule has 1 rings (SSSR count).